The van der Waals surface area contributed by atoms with Gasteiger partial charge in [-0.1, -0.05) is 6.42 Å². The molecular formula is C13H17N3OS. The van der Waals surface area contributed by atoms with Gasteiger partial charge in [0, 0.05) is 24.7 Å². The number of hydrogen-bond acceptors (Lipinski definition) is 4. The monoisotopic (exact) mass is 263 g/mol. The molecule has 1 aliphatic carbocycles. The molecule has 18 heavy (non-hydrogen) atoms. The Morgan fingerprint density at radius 3 is 2.83 bits per heavy atom. The molecule has 2 fully saturated rings. The molecular weight excluding hydrogens is 246 g/mol. The molecule has 0 bridgehead atoms. The lowest BCUT2D eigenvalue weighted by Gasteiger charge is -2.17. The van der Waals surface area contributed by atoms with Gasteiger partial charge in [-0.05, 0) is 24.7 Å². The molecule has 2 aliphatic rings. The number of hydrogen-bond donors (Lipinski definition) is 1. The molecule has 0 aromatic carbocycles. The van der Waals surface area contributed by atoms with Gasteiger partial charge in [-0.25, -0.2) is 4.98 Å². The predicted octanol–water partition coefficient (Wildman–Crippen LogP) is 2.12. The quantitative estimate of drug-likeness (QED) is 0.902. The zero-order valence-corrected chi connectivity index (χ0v) is 11.1. The molecule has 1 N–H and O–H groups in total. The van der Waals surface area contributed by atoms with Crippen molar-refractivity contribution < 1.29 is 5.11 Å². The molecule has 1 aliphatic heterocycles. The van der Waals surface area contributed by atoms with Gasteiger partial charge in [-0.15, -0.1) is 11.3 Å². The van der Waals surface area contributed by atoms with Gasteiger partial charge in [0.25, 0.3) is 0 Å². The van der Waals surface area contributed by atoms with E-state index in [1.165, 1.54) is 19.3 Å². The third kappa shape index (κ3) is 1.44. The van der Waals surface area contributed by atoms with E-state index in [9.17, 15) is 5.11 Å². The Labute approximate surface area is 110 Å². The zero-order chi connectivity index (χ0) is 12.1. The number of aliphatic hydroxyl groups excluding tert-OH is 1. The Morgan fingerprint density at radius 2 is 2.11 bits per heavy atom. The normalized spacial score (nSPS) is 27.3. The van der Waals surface area contributed by atoms with Crippen LogP contribution in [-0.4, -0.2) is 27.6 Å². The van der Waals surface area contributed by atoms with E-state index in [4.69, 9.17) is 4.98 Å². The maximum Gasteiger partial charge on any atom is 0.195 e. The molecule has 2 aromatic heterocycles. The second-order valence-corrected chi connectivity index (χ2v) is 6.32. The average Bonchev–Trinajstić information content (AvgIpc) is 3.06. The first-order valence-electron chi connectivity index (χ1n) is 6.67. The van der Waals surface area contributed by atoms with E-state index >= 15 is 0 Å². The van der Waals surface area contributed by atoms with Crippen LogP contribution >= 0.6 is 11.3 Å². The SMILES string of the molecule is OCc1c(N2CC3CCCC3C2)nc2sccn12. The summed E-state index contributed by atoms with van der Waals surface area (Å²) in [6.07, 6.45) is 6.14. The molecule has 2 unspecified atom stereocenters. The van der Waals surface area contributed by atoms with Crippen molar-refractivity contribution in [1.29, 1.82) is 0 Å². The van der Waals surface area contributed by atoms with Crippen LogP contribution in [-0.2, 0) is 6.61 Å². The van der Waals surface area contributed by atoms with Crippen LogP contribution in [0, 0.1) is 11.8 Å². The van der Waals surface area contributed by atoms with Crippen LogP contribution in [0.25, 0.3) is 4.96 Å². The van der Waals surface area contributed by atoms with Crippen LogP contribution in [0.5, 0.6) is 0 Å². The summed E-state index contributed by atoms with van der Waals surface area (Å²) >= 11 is 1.63. The maximum atomic E-state index is 9.60. The van der Waals surface area contributed by atoms with E-state index in [-0.39, 0.29) is 6.61 Å². The van der Waals surface area contributed by atoms with Crippen LogP contribution in [0.1, 0.15) is 25.0 Å². The molecule has 2 aromatic rings. The van der Waals surface area contributed by atoms with Crippen LogP contribution in [0.15, 0.2) is 11.6 Å². The summed E-state index contributed by atoms with van der Waals surface area (Å²) in [5.41, 5.74) is 0.950. The number of thiazole rings is 1. The van der Waals surface area contributed by atoms with Gasteiger partial charge in [0.2, 0.25) is 0 Å². The number of nitrogens with zero attached hydrogens (tertiary/aromatic N) is 3. The van der Waals surface area contributed by atoms with E-state index in [1.807, 2.05) is 16.0 Å². The highest BCUT2D eigenvalue weighted by molar-refractivity contribution is 7.15. The van der Waals surface area contributed by atoms with Crippen LogP contribution in [0.4, 0.5) is 5.82 Å². The topological polar surface area (TPSA) is 40.8 Å². The first-order chi connectivity index (χ1) is 8.86. The average molecular weight is 263 g/mol. The van der Waals surface area contributed by atoms with E-state index in [0.717, 1.165) is 41.4 Å². The highest BCUT2D eigenvalue weighted by atomic mass is 32.1. The van der Waals surface area contributed by atoms with Gasteiger partial charge in [0.05, 0.1) is 12.3 Å². The summed E-state index contributed by atoms with van der Waals surface area (Å²) < 4.78 is 2.02. The summed E-state index contributed by atoms with van der Waals surface area (Å²) in [6, 6.07) is 0. The summed E-state index contributed by atoms with van der Waals surface area (Å²) in [5.74, 6) is 2.73. The minimum absolute atomic E-state index is 0.0685. The first kappa shape index (κ1) is 10.8. The minimum atomic E-state index is 0.0685. The standard InChI is InChI=1S/C13H17N3OS/c17-8-11-12(14-13-16(11)4-5-18-13)15-6-9-2-1-3-10(9)7-15/h4-5,9-10,17H,1-3,6-8H2. The van der Waals surface area contributed by atoms with Gasteiger partial charge in [-0.2, -0.15) is 0 Å². The molecule has 0 radical (unpaired) electrons. The molecule has 96 valence electrons. The van der Waals surface area contributed by atoms with Crippen molar-refractivity contribution >= 4 is 22.1 Å². The zero-order valence-electron chi connectivity index (χ0n) is 10.2. The number of anilines is 1. The summed E-state index contributed by atoms with van der Waals surface area (Å²) in [7, 11) is 0. The van der Waals surface area contributed by atoms with E-state index in [2.05, 4.69) is 4.90 Å². The molecule has 2 atom stereocenters. The molecule has 4 nitrogen and oxygen atoms in total. The summed E-state index contributed by atoms with van der Waals surface area (Å²) in [4.78, 5) is 8.08. The van der Waals surface area contributed by atoms with Gasteiger partial charge in [0.15, 0.2) is 10.8 Å². The molecule has 3 heterocycles. The molecule has 0 amide bonds. The number of aliphatic hydroxyl groups is 1. The van der Waals surface area contributed by atoms with E-state index in [0.29, 0.717) is 0 Å². The molecule has 0 spiro atoms. The fourth-order valence-electron chi connectivity index (χ4n) is 3.63. The van der Waals surface area contributed by atoms with Crippen LogP contribution in [0.2, 0.25) is 0 Å². The third-order valence-electron chi connectivity index (χ3n) is 4.52. The van der Waals surface area contributed by atoms with Crippen molar-refractivity contribution in [2.45, 2.75) is 25.9 Å². The fourth-order valence-corrected chi connectivity index (χ4v) is 4.36. The summed E-state index contributed by atoms with van der Waals surface area (Å²) in [6.45, 7) is 2.32. The Morgan fingerprint density at radius 1 is 1.33 bits per heavy atom. The van der Waals surface area contributed by atoms with Crippen molar-refractivity contribution in [3.63, 3.8) is 0 Å². The van der Waals surface area contributed by atoms with E-state index in [1.54, 1.807) is 11.3 Å². The van der Waals surface area contributed by atoms with Gasteiger partial charge < -0.3 is 10.0 Å². The second-order valence-electron chi connectivity index (χ2n) is 5.45. The molecule has 5 heteroatoms. The van der Waals surface area contributed by atoms with Crippen molar-refractivity contribution in [2.75, 3.05) is 18.0 Å². The summed E-state index contributed by atoms with van der Waals surface area (Å²) in [5, 5.41) is 11.6. The van der Waals surface area contributed by atoms with E-state index < -0.39 is 0 Å². The van der Waals surface area contributed by atoms with Crippen LogP contribution in [0.3, 0.4) is 0 Å². The lowest BCUT2D eigenvalue weighted by atomic mass is 10.0. The highest BCUT2D eigenvalue weighted by Gasteiger charge is 2.37. The van der Waals surface area contributed by atoms with Gasteiger partial charge in [0.1, 0.15) is 0 Å². The Kier molecular flexibility index (Phi) is 2.38. The number of rotatable bonds is 2. The lowest BCUT2D eigenvalue weighted by molar-refractivity contribution is 0.276. The second kappa shape index (κ2) is 3.96. The molecule has 1 saturated heterocycles. The first-order valence-corrected chi connectivity index (χ1v) is 7.55. The Bertz CT molecular complexity index is 564. The van der Waals surface area contributed by atoms with Crippen molar-refractivity contribution in [2.24, 2.45) is 11.8 Å². The minimum Gasteiger partial charge on any atom is -0.390 e. The number of imidazole rings is 1. The largest absolute Gasteiger partial charge is 0.390 e. The lowest BCUT2D eigenvalue weighted by Crippen LogP contribution is -2.22. The third-order valence-corrected chi connectivity index (χ3v) is 5.27. The highest BCUT2D eigenvalue weighted by Crippen LogP contribution is 2.40. The smallest absolute Gasteiger partial charge is 0.195 e. The van der Waals surface area contributed by atoms with Crippen molar-refractivity contribution in [3.05, 3.63) is 17.3 Å². The Hall–Kier alpha value is -1.07. The van der Waals surface area contributed by atoms with Crippen molar-refractivity contribution in [3.8, 4) is 0 Å². The fraction of sp³-hybridized carbons (Fsp3) is 0.615. The maximum absolute atomic E-state index is 9.60. The van der Waals surface area contributed by atoms with Gasteiger partial charge in [-0.3, -0.25) is 4.40 Å². The molecule has 4 rings (SSSR count). The number of fused-ring (bicyclic) bond motifs is 2. The Balaban J connectivity index is 1.72. The molecule has 1 saturated carbocycles. The van der Waals surface area contributed by atoms with Gasteiger partial charge >= 0.3 is 0 Å². The number of aromatic nitrogens is 2. The van der Waals surface area contributed by atoms with Crippen molar-refractivity contribution in [1.82, 2.24) is 9.38 Å². The van der Waals surface area contributed by atoms with Crippen LogP contribution < -0.4 is 4.90 Å². The predicted molar refractivity (Wildman–Crippen MR) is 72.0 cm³/mol.